The number of oxazole rings is 1. The Labute approximate surface area is 138 Å². The molecule has 3 heterocycles. The molecule has 3 nitrogen and oxygen atoms in total. The molecule has 0 spiro atoms. The fourth-order valence-electron chi connectivity index (χ4n) is 3.08. The van der Waals surface area contributed by atoms with Gasteiger partial charge in [0.2, 0.25) is 5.89 Å². The van der Waals surface area contributed by atoms with Gasteiger partial charge in [0.05, 0.1) is 12.7 Å². The van der Waals surface area contributed by atoms with Gasteiger partial charge in [-0.2, -0.15) is 0 Å². The Morgan fingerprint density at radius 2 is 2.13 bits per heavy atom. The predicted molar refractivity (Wildman–Crippen MR) is 88.7 cm³/mol. The molecule has 1 aromatic carbocycles. The Kier molecular flexibility index (Phi) is 3.75. The molecule has 1 aliphatic heterocycles. The average molecular weight is 328 g/mol. The van der Waals surface area contributed by atoms with E-state index in [1.165, 1.54) is 22.6 Å². The maximum atomic E-state index is 13.0. The van der Waals surface area contributed by atoms with E-state index in [1.54, 1.807) is 18.3 Å². The highest BCUT2D eigenvalue weighted by molar-refractivity contribution is 7.10. The summed E-state index contributed by atoms with van der Waals surface area (Å²) in [6.45, 7) is 3.94. The molecule has 1 atom stereocenters. The highest BCUT2D eigenvalue weighted by atomic mass is 32.1. The average Bonchev–Trinajstić information content (AvgIpc) is 3.20. The van der Waals surface area contributed by atoms with E-state index in [2.05, 4.69) is 28.3 Å². The lowest BCUT2D eigenvalue weighted by Crippen LogP contribution is -2.32. The number of benzene rings is 1. The van der Waals surface area contributed by atoms with Crippen molar-refractivity contribution in [3.05, 3.63) is 64.1 Å². The van der Waals surface area contributed by atoms with Gasteiger partial charge >= 0.3 is 0 Å². The van der Waals surface area contributed by atoms with Crippen LogP contribution in [0.1, 0.15) is 29.3 Å². The molecule has 1 unspecified atom stereocenters. The van der Waals surface area contributed by atoms with E-state index >= 15 is 0 Å². The van der Waals surface area contributed by atoms with E-state index in [-0.39, 0.29) is 5.82 Å². The van der Waals surface area contributed by atoms with Crippen LogP contribution in [-0.4, -0.2) is 16.4 Å². The third-order valence-electron chi connectivity index (χ3n) is 4.42. The van der Waals surface area contributed by atoms with E-state index in [0.29, 0.717) is 24.2 Å². The van der Waals surface area contributed by atoms with Gasteiger partial charge in [-0.3, -0.25) is 4.90 Å². The molecule has 0 N–H and O–H groups in total. The van der Waals surface area contributed by atoms with Crippen LogP contribution in [0.2, 0.25) is 0 Å². The predicted octanol–water partition coefficient (Wildman–Crippen LogP) is 4.66. The summed E-state index contributed by atoms with van der Waals surface area (Å²) in [6.07, 6.45) is 2.80. The van der Waals surface area contributed by atoms with Gasteiger partial charge in [0.1, 0.15) is 5.82 Å². The van der Waals surface area contributed by atoms with Crippen LogP contribution in [0.4, 0.5) is 4.39 Å². The molecule has 0 saturated heterocycles. The SMILES string of the molecule is CC1c2ccsc2CCN1Cc1ncc(-c2ccc(F)cc2)o1. The molecule has 5 heteroatoms. The molecule has 0 fully saturated rings. The molecule has 0 aliphatic carbocycles. The quantitative estimate of drug-likeness (QED) is 0.700. The van der Waals surface area contributed by atoms with Gasteiger partial charge in [-0.1, -0.05) is 0 Å². The van der Waals surface area contributed by atoms with E-state index in [9.17, 15) is 4.39 Å². The molecule has 1 aliphatic rings. The maximum Gasteiger partial charge on any atom is 0.209 e. The van der Waals surface area contributed by atoms with E-state index < -0.39 is 0 Å². The Hall–Kier alpha value is -1.98. The Morgan fingerprint density at radius 1 is 1.30 bits per heavy atom. The van der Waals surface area contributed by atoms with Crippen LogP contribution in [0, 0.1) is 5.82 Å². The van der Waals surface area contributed by atoms with Crippen LogP contribution in [0.3, 0.4) is 0 Å². The first-order valence-electron chi connectivity index (χ1n) is 7.71. The highest BCUT2D eigenvalue weighted by Crippen LogP contribution is 2.33. The van der Waals surface area contributed by atoms with Crippen LogP contribution < -0.4 is 0 Å². The second kappa shape index (κ2) is 5.91. The number of halogens is 1. The monoisotopic (exact) mass is 328 g/mol. The van der Waals surface area contributed by atoms with Crippen LogP contribution >= 0.6 is 11.3 Å². The van der Waals surface area contributed by atoms with E-state index in [1.807, 2.05) is 11.3 Å². The number of hydrogen-bond donors (Lipinski definition) is 0. The number of hydrogen-bond acceptors (Lipinski definition) is 4. The Morgan fingerprint density at radius 3 is 2.96 bits per heavy atom. The fourth-order valence-corrected chi connectivity index (χ4v) is 4.04. The minimum atomic E-state index is -0.248. The number of rotatable bonds is 3. The van der Waals surface area contributed by atoms with Gasteiger partial charge in [-0.25, -0.2) is 9.37 Å². The standard InChI is InChI=1S/C18H17FN2OS/c1-12-15-7-9-23-17(15)6-8-21(12)11-18-20-10-16(22-18)13-2-4-14(19)5-3-13/h2-5,7,9-10,12H,6,8,11H2,1H3. The van der Waals surface area contributed by atoms with Crippen LogP contribution in [-0.2, 0) is 13.0 Å². The fraction of sp³-hybridized carbons (Fsp3) is 0.278. The van der Waals surface area contributed by atoms with Crippen molar-refractivity contribution < 1.29 is 8.81 Å². The smallest absolute Gasteiger partial charge is 0.209 e. The van der Waals surface area contributed by atoms with Crippen molar-refractivity contribution in [2.24, 2.45) is 0 Å². The first-order chi connectivity index (χ1) is 11.2. The summed E-state index contributed by atoms with van der Waals surface area (Å²) < 4.78 is 18.9. The third-order valence-corrected chi connectivity index (χ3v) is 5.42. The number of nitrogens with zero attached hydrogens (tertiary/aromatic N) is 2. The summed E-state index contributed by atoms with van der Waals surface area (Å²) in [5.74, 6) is 1.14. The molecular weight excluding hydrogens is 311 g/mol. The third kappa shape index (κ3) is 2.82. The van der Waals surface area contributed by atoms with Crippen LogP contribution in [0.5, 0.6) is 0 Å². The topological polar surface area (TPSA) is 29.3 Å². The summed E-state index contributed by atoms with van der Waals surface area (Å²) >= 11 is 1.84. The number of fused-ring (bicyclic) bond motifs is 1. The zero-order chi connectivity index (χ0) is 15.8. The minimum absolute atomic E-state index is 0.248. The first-order valence-corrected chi connectivity index (χ1v) is 8.59. The second-order valence-electron chi connectivity index (χ2n) is 5.82. The van der Waals surface area contributed by atoms with Crippen molar-refractivity contribution in [2.45, 2.75) is 25.9 Å². The Bertz CT molecular complexity index is 809. The molecule has 0 amide bonds. The van der Waals surface area contributed by atoms with Crippen LogP contribution in [0.15, 0.2) is 46.3 Å². The van der Waals surface area contributed by atoms with Crippen molar-refractivity contribution in [2.75, 3.05) is 6.54 Å². The van der Waals surface area contributed by atoms with Gasteiger partial charge in [-0.05, 0) is 54.6 Å². The summed E-state index contributed by atoms with van der Waals surface area (Å²) in [5, 5.41) is 2.17. The zero-order valence-corrected chi connectivity index (χ0v) is 13.6. The first kappa shape index (κ1) is 14.6. The van der Waals surface area contributed by atoms with E-state index in [0.717, 1.165) is 18.5 Å². The Balaban J connectivity index is 1.51. The normalized spacial score (nSPS) is 18.1. The molecule has 0 bridgehead atoms. The molecule has 118 valence electrons. The number of thiophene rings is 1. The molecule has 2 aromatic heterocycles. The van der Waals surface area contributed by atoms with Gasteiger partial charge < -0.3 is 4.42 Å². The van der Waals surface area contributed by atoms with Crippen molar-refractivity contribution in [3.63, 3.8) is 0 Å². The van der Waals surface area contributed by atoms with Crippen molar-refractivity contribution >= 4 is 11.3 Å². The lowest BCUT2D eigenvalue weighted by Gasteiger charge is -2.32. The van der Waals surface area contributed by atoms with Crippen molar-refractivity contribution in [1.29, 1.82) is 0 Å². The summed E-state index contributed by atoms with van der Waals surface area (Å²) in [4.78, 5) is 8.27. The van der Waals surface area contributed by atoms with Gasteiger partial charge in [0, 0.05) is 23.0 Å². The maximum absolute atomic E-state index is 13.0. The zero-order valence-electron chi connectivity index (χ0n) is 12.8. The molecule has 0 saturated carbocycles. The summed E-state index contributed by atoms with van der Waals surface area (Å²) in [7, 11) is 0. The van der Waals surface area contributed by atoms with Crippen molar-refractivity contribution in [3.8, 4) is 11.3 Å². The lowest BCUT2D eigenvalue weighted by atomic mass is 10.0. The van der Waals surface area contributed by atoms with Crippen molar-refractivity contribution in [1.82, 2.24) is 9.88 Å². The minimum Gasteiger partial charge on any atom is -0.439 e. The van der Waals surface area contributed by atoms with E-state index in [4.69, 9.17) is 4.42 Å². The van der Waals surface area contributed by atoms with Gasteiger partial charge in [-0.15, -0.1) is 11.3 Å². The van der Waals surface area contributed by atoms with Gasteiger partial charge in [0.25, 0.3) is 0 Å². The second-order valence-corrected chi connectivity index (χ2v) is 6.82. The lowest BCUT2D eigenvalue weighted by molar-refractivity contribution is 0.174. The van der Waals surface area contributed by atoms with Gasteiger partial charge in [0.15, 0.2) is 5.76 Å². The number of aromatic nitrogens is 1. The molecule has 0 radical (unpaired) electrons. The summed E-state index contributed by atoms with van der Waals surface area (Å²) in [6, 6.07) is 8.88. The largest absolute Gasteiger partial charge is 0.439 e. The van der Waals surface area contributed by atoms with Crippen LogP contribution in [0.25, 0.3) is 11.3 Å². The molecule has 4 rings (SSSR count). The summed E-state index contributed by atoms with van der Waals surface area (Å²) in [5.41, 5.74) is 2.27. The molecular formula is C18H17FN2OS. The molecule has 23 heavy (non-hydrogen) atoms. The highest BCUT2D eigenvalue weighted by Gasteiger charge is 2.25. The molecule has 3 aromatic rings.